The van der Waals surface area contributed by atoms with Crippen LogP contribution in [0.5, 0.6) is 0 Å². The van der Waals surface area contributed by atoms with E-state index in [0.29, 0.717) is 29.4 Å². The lowest BCUT2D eigenvalue weighted by Gasteiger charge is -2.14. The predicted molar refractivity (Wildman–Crippen MR) is 80.0 cm³/mol. The van der Waals surface area contributed by atoms with Gasteiger partial charge in [0.15, 0.2) is 0 Å². The third kappa shape index (κ3) is 3.37. The number of benzene rings is 1. The van der Waals surface area contributed by atoms with Gasteiger partial charge in [0.25, 0.3) is 0 Å². The van der Waals surface area contributed by atoms with Crippen molar-refractivity contribution in [3.63, 3.8) is 0 Å². The molecule has 1 amide bonds. The highest BCUT2D eigenvalue weighted by molar-refractivity contribution is 6.33. The summed E-state index contributed by atoms with van der Waals surface area (Å²) in [4.78, 5) is 16.0. The number of carbonyl (C=O) groups is 1. The summed E-state index contributed by atoms with van der Waals surface area (Å²) in [6, 6.07) is 5.38. The molecule has 5 nitrogen and oxygen atoms in total. The van der Waals surface area contributed by atoms with E-state index < -0.39 is 0 Å². The van der Waals surface area contributed by atoms with Gasteiger partial charge in [0.1, 0.15) is 0 Å². The second-order valence-electron chi connectivity index (χ2n) is 4.70. The molecule has 106 valence electrons. The Hall–Kier alpha value is -1.85. The molecule has 0 bridgehead atoms. The summed E-state index contributed by atoms with van der Waals surface area (Å²) in [7, 11) is 0. The largest absolute Gasteiger partial charge is 0.330 e. The maximum absolute atomic E-state index is 12.0. The van der Waals surface area contributed by atoms with Gasteiger partial charge in [-0.3, -0.25) is 4.79 Å². The summed E-state index contributed by atoms with van der Waals surface area (Å²) in [5.74, 6) is 0.0671. The number of hydrogen-bond acceptors (Lipinski definition) is 3. The molecule has 1 atom stereocenters. The number of para-hydroxylation sites is 1. The Balaban J connectivity index is 2.24. The number of imidazole rings is 1. The SMILES string of the molecule is CC(CN)CC(=O)Nc1cccc(Cl)c1-n1ccnc1. The first kappa shape index (κ1) is 14.6. The second-order valence-corrected chi connectivity index (χ2v) is 5.11. The fourth-order valence-electron chi connectivity index (χ4n) is 1.87. The lowest BCUT2D eigenvalue weighted by Crippen LogP contribution is -2.20. The average molecular weight is 293 g/mol. The van der Waals surface area contributed by atoms with Crippen LogP contribution < -0.4 is 11.1 Å². The molecule has 0 saturated carbocycles. The smallest absolute Gasteiger partial charge is 0.224 e. The van der Waals surface area contributed by atoms with E-state index in [9.17, 15) is 4.79 Å². The molecule has 0 aliphatic heterocycles. The van der Waals surface area contributed by atoms with Crippen LogP contribution in [0.2, 0.25) is 5.02 Å². The maximum Gasteiger partial charge on any atom is 0.224 e. The first-order chi connectivity index (χ1) is 9.61. The van der Waals surface area contributed by atoms with Crippen molar-refractivity contribution in [2.24, 2.45) is 11.7 Å². The Morgan fingerprint density at radius 3 is 3.00 bits per heavy atom. The highest BCUT2D eigenvalue weighted by Crippen LogP contribution is 2.28. The molecule has 0 fully saturated rings. The number of amides is 1. The molecule has 3 N–H and O–H groups in total. The minimum absolute atomic E-state index is 0.0772. The van der Waals surface area contributed by atoms with Crippen LogP contribution in [0.1, 0.15) is 13.3 Å². The van der Waals surface area contributed by atoms with Crippen molar-refractivity contribution in [1.82, 2.24) is 9.55 Å². The fourth-order valence-corrected chi connectivity index (χ4v) is 2.14. The average Bonchev–Trinajstić information content (AvgIpc) is 2.92. The van der Waals surface area contributed by atoms with E-state index in [1.807, 2.05) is 13.0 Å². The number of anilines is 1. The van der Waals surface area contributed by atoms with Gasteiger partial charge < -0.3 is 15.6 Å². The summed E-state index contributed by atoms with van der Waals surface area (Å²) in [6.45, 7) is 2.42. The van der Waals surface area contributed by atoms with Crippen LogP contribution in [-0.4, -0.2) is 22.0 Å². The van der Waals surface area contributed by atoms with Crippen molar-refractivity contribution in [2.45, 2.75) is 13.3 Å². The third-order valence-corrected chi connectivity index (χ3v) is 3.26. The molecule has 0 aliphatic carbocycles. The summed E-state index contributed by atoms with van der Waals surface area (Å²) in [5.41, 5.74) is 6.90. The molecule has 2 rings (SSSR count). The highest BCUT2D eigenvalue weighted by Gasteiger charge is 2.13. The summed E-state index contributed by atoms with van der Waals surface area (Å²) in [6.07, 6.45) is 5.45. The van der Waals surface area contributed by atoms with Crippen molar-refractivity contribution in [3.8, 4) is 5.69 Å². The van der Waals surface area contributed by atoms with Gasteiger partial charge in [-0.1, -0.05) is 24.6 Å². The number of hydrogen-bond donors (Lipinski definition) is 2. The van der Waals surface area contributed by atoms with Gasteiger partial charge in [-0.15, -0.1) is 0 Å². The molecular weight excluding hydrogens is 276 g/mol. The molecule has 0 radical (unpaired) electrons. The normalized spacial score (nSPS) is 12.2. The lowest BCUT2D eigenvalue weighted by molar-refractivity contribution is -0.116. The van der Waals surface area contributed by atoms with E-state index in [1.165, 1.54) is 0 Å². The Morgan fingerprint density at radius 1 is 1.55 bits per heavy atom. The van der Waals surface area contributed by atoms with E-state index in [-0.39, 0.29) is 11.8 Å². The molecule has 0 spiro atoms. The Morgan fingerprint density at radius 2 is 2.35 bits per heavy atom. The first-order valence-corrected chi connectivity index (χ1v) is 6.76. The van der Waals surface area contributed by atoms with Gasteiger partial charge in [0, 0.05) is 18.8 Å². The molecule has 1 heterocycles. The summed E-state index contributed by atoms with van der Waals surface area (Å²) < 4.78 is 1.77. The molecule has 20 heavy (non-hydrogen) atoms. The van der Waals surface area contributed by atoms with E-state index in [4.69, 9.17) is 17.3 Å². The zero-order valence-corrected chi connectivity index (χ0v) is 12.0. The lowest BCUT2D eigenvalue weighted by atomic mass is 10.1. The summed E-state index contributed by atoms with van der Waals surface area (Å²) >= 11 is 6.22. The van der Waals surface area contributed by atoms with Gasteiger partial charge in [0.2, 0.25) is 5.91 Å². The van der Waals surface area contributed by atoms with Gasteiger partial charge in [0.05, 0.1) is 22.7 Å². The van der Waals surface area contributed by atoms with Crippen molar-refractivity contribution >= 4 is 23.2 Å². The van der Waals surface area contributed by atoms with Crippen molar-refractivity contribution in [3.05, 3.63) is 41.9 Å². The van der Waals surface area contributed by atoms with Gasteiger partial charge in [-0.05, 0) is 24.6 Å². The van der Waals surface area contributed by atoms with Gasteiger partial charge in [-0.2, -0.15) is 0 Å². The molecule has 1 aromatic heterocycles. The van der Waals surface area contributed by atoms with Crippen molar-refractivity contribution < 1.29 is 4.79 Å². The van der Waals surface area contributed by atoms with E-state index in [0.717, 1.165) is 0 Å². The number of halogens is 1. The maximum atomic E-state index is 12.0. The van der Waals surface area contributed by atoms with Crippen LogP contribution in [0.4, 0.5) is 5.69 Å². The molecule has 6 heteroatoms. The van der Waals surface area contributed by atoms with Gasteiger partial charge in [-0.25, -0.2) is 4.98 Å². The molecule has 1 unspecified atom stereocenters. The number of aromatic nitrogens is 2. The highest BCUT2D eigenvalue weighted by atomic mass is 35.5. The van der Waals surface area contributed by atoms with Crippen LogP contribution >= 0.6 is 11.6 Å². The van der Waals surface area contributed by atoms with Gasteiger partial charge >= 0.3 is 0 Å². The Bertz CT molecular complexity index is 583. The van der Waals surface area contributed by atoms with Crippen molar-refractivity contribution in [1.29, 1.82) is 0 Å². The number of nitrogens with two attached hydrogens (primary N) is 1. The van der Waals surface area contributed by atoms with Crippen LogP contribution in [-0.2, 0) is 4.79 Å². The van der Waals surface area contributed by atoms with Crippen LogP contribution in [0.25, 0.3) is 5.69 Å². The van der Waals surface area contributed by atoms with Crippen LogP contribution in [0.3, 0.4) is 0 Å². The predicted octanol–water partition coefficient (Wildman–Crippen LogP) is 2.45. The Labute approximate surface area is 122 Å². The standard InChI is InChI=1S/C14H17ClN4O/c1-10(8-16)7-13(20)18-12-4-2-3-11(15)14(12)19-6-5-17-9-19/h2-6,9-10H,7-8,16H2,1H3,(H,18,20). The molecular formula is C14H17ClN4O. The van der Waals surface area contributed by atoms with E-state index in [1.54, 1.807) is 35.4 Å². The third-order valence-electron chi connectivity index (χ3n) is 2.96. The topological polar surface area (TPSA) is 72.9 Å². The molecule has 1 aromatic carbocycles. The zero-order valence-electron chi connectivity index (χ0n) is 11.2. The zero-order chi connectivity index (χ0) is 14.5. The summed E-state index contributed by atoms with van der Waals surface area (Å²) in [5, 5.41) is 3.43. The van der Waals surface area contributed by atoms with E-state index >= 15 is 0 Å². The van der Waals surface area contributed by atoms with Crippen molar-refractivity contribution in [2.75, 3.05) is 11.9 Å². The molecule has 0 saturated heterocycles. The van der Waals surface area contributed by atoms with E-state index in [2.05, 4.69) is 10.3 Å². The number of carbonyl (C=O) groups excluding carboxylic acids is 1. The monoisotopic (exact) mass is 292 g/mol. The quantitative estimate of drug-likeness (QED) is 0.889. The Kier molecular flexibility index (Phi) is 4.76. The molecule has 0 aliphatic rings. The minimum atomic E-state index is -0.0772. The number of nitrogens with one attached hydrogen (secondary N) is 1. The minimum Gasteiger partial charge on any atom is -0.330 e. The molecule has 2 aromatic rings. The second kappa shape index (κ2) is 6.54. The number of nitrogens with zero attached hydrogens (tertiary/aromatic N) is 2. The van der Waals surface area contributed by atoms with Crippen LogP contribution in [0, 0.1) is 5.92 Å². The fraction of sp³-hybridized carbons (Fsp3) is 0.286. The number of rotatable bonds is 5. The first-order valence-electron chi connectivity index (χ1n) is 6.38. The van der Waals surface area contributed by atoms with Crippen LogP contribution in [0.15, 0.2) is 36.9 Å².